The number of hydrogen-bond acceptors (Lipinski definition) is 2. The van der Waals surface area contributed by atoms with E-state index in [-0.39, 0.29) is 6.10 Å². The van der Waals surface area contributed by atoms with Crippen molar-refractivity contribution in [2.75, 3.05) is 6.61 Å². The largest absolute Gasteiger partial charge is 0.374 e. The highest BCUT2D eigenvalue weighted by Crippen LogP contribution is 2.49. The van der Waals surface area contributed by atoms with E-state index in [1.54, 1.807) is 0 Å². The maximum absolute atomic E-state index is 6.16. The Labute approximate surface area is 139 Å². The summed E-state index contributed by atoms with van der Waals surface area (Å²) < 4.78 is 12.1. The van der Waals surface area contributed by atoms with Gasteiger partial charge in [0.05, 0.1) is 25.9 Å². The molecule has 0 aliphatic heterocycles. The highest BCUT2D eigenvalue weighted by molar-refractivity contribution is 5.14. The van der Waals surface area contributed by atoms with Gasteiger partial charge in [-0.1, -0.05) is 67.6 Å². The summed E-state index contributed by atoms with van der Waals surface area (Å²) in [7, 11) is 0. The maximum Gasteiger partial charge on any atom is 0.0818 e. The van der Waals surface area contributed by atoms with Crippen LogP contribution >= 0.6 is 0 Å². The Morgan fingerprint density at radius 3 is 2.00 bits per heavy atom. The van der Waals surface area contributed by atoms with Crippen LogP contribution in [-0.4, -0.2) is 12.7 Å². The third-order valence-corrected chi connectivity index (χ3v) is 4.57. The molecule has 0 heterocycles. The van der Waals surface area contributed by atoms with Gasteiger partial charge in [0, 0.05) is 0 Å². The molecule has 2 nitrogen and oxygen atoms in total. The molecule has 0 saturated heterocycles. The van der Waals surface area contributed by atoms with Crippen LogP contribution in [0.2, 0.25) is 0 Å². The van der Waals surface area contributed by atoms with Crippen molar-refractivity contribution < 1.29 is 9.47 Å². The van der Waals surface area contributed by atoms with E-state index in [9.17, 15) is 0 Å². The van der Waals surface area contributed by atoms with Gasteiger partial charge < -0.3 is 9.47 Å². The number of benzene rings is 2. The van der Waals surface area contributed by atoms with E-state index in [0.29, 0.717) is 25.2 Å². The zero-order valence-corrected chi connectivity index (χ0v) is 13.9. The van der Waals surface area contributed by atoms with Crippen molar-refractivity contribution in [2.24, 2.45) is 5.41 Å². The zero-order valence-electron chi connectivity index (χ0n) is 13.9. The fraction of sp³-hybridized carbons (Fsp3) is 0.429. The van der Waals surface area contributed by atoms with Crippen molar-refractivity contribution in [1.29, 1.82) is 0 Å². The fourth-order valence-corrected chi connectivity index (χ4v) is 2.80. The zero-order chi connectivity index (χ0) is 16.0. The summed E-state index contributed by atoms with van der Waals surface area (Å²) in [6.07, 6.45) is 3.90. The van der Waals surface area contributed by atoms with Gasteiger partial charge in [0.1, 0.15) is 0 Å². The molecule has 0 aromatic heterocycles. The van der Waals surface area contributed by atoms with Crippen molar-refractivity contribution in [3.63, 3.8) is 0 Å². The van der Waals surface area contributed by atoms with Crippen LogP contribution in [0.3, 0.4) is 0 Å². The Balaban J connectivity index is 1.48. The molecule has 0 radical (unpaired) electrons. The lowest BCUT2D eigenvalue weighted by atomic mass is 10.0. The molecule has 0 amide bonds. The Morgan fingerprint density at radius 2 is 1.43 bits per heavy atom. The number of rotatable bonds is 9. The van der Waals surface area contributed by atoms with Crippen molar-refractivity contribution in [2.45, 2.75) is 45.5 Å². The number of hydrogen-bond donors (Lipinski definition) is 0. The first-order valence-corrected chi connectivity index (χ1v) is 8.51. The second kappa shape index (κ2) is 7.76. The third-order valence-electron chi connectivity index (χ3n) is 4.57. The molecule has 1 aliphatic rings. The molecule has 3 rings (SSSR count). The smallest absolute Gasteiger partial charge is 0.0818 e. The Morgan fingerprint density at radius 1 is 0.870 bits per heavy atom. The van der Waals surface area contributed by atoms with Crippen LogP contribution < -0.4 is 0 Å². The third kappa shape index (κ3) is 5.49. The van der Waals surface area contributed by atoms with Gasteiger partial charge in [0.25, 0.3) is 0 Å². The van der Waals surface area contributed by atoms with Gasteiger partial charge >= 0.3 is 0 Å². The lowest BCUT2D eigenvalue weighted by molar-refractivity contribution is -0.0413. The highest BCUT2D eigenvalue weighted by Gasteiger charge is 2.39. The Kier molecular flexibility index (Phi) is 5.47. The summed E-state index contributed by atoms with van der Waals surface area (Å²) in [6, 6.07) is 20.7. The normalized spacial score (nSPS) is 16.9. The van der Waals surface area contributed by atoms with Crippen molar-refractivity contribution in [3.8, 4) is 0 Å². The van der Waals surface area contributed by atoms with E-state index in [2.05, 4.69) is 43.3 Å². The predicted molar refractivity (Wildman–Crippen MR) is 93.1 cm³/mol. The molecule has 23 heavy (non-hydrogen) atoms. The Bertz CT molecular complexity index is 575. The molecular weight excluding hydrogens is 284 g/mol. The average molecular weight is 310 g/mol. The van der Waals surface area contributed by atoms with Crippen LogP contribution in [0.1, 0.15) is 37.3 Å². The maximum atomic E-state index is 6.16. The molecule has 1 atom stereocenters. The first-order valence-electron chi connectivity index (χ1n) is 8.51. The molecule has 0 N–H and O–H groups in total. The van der Waals surface area contributed by atoms with Gasteiger partial charge in [0.15, 0.2) is 0 Å². The van der Waals surface area contributed by atoms with Crippen LogP contribution in [0.25, 0.3) is 0 Å². The van der Waals surface area contributed by atoms with E-state index in [4.69, 9.17) is 9.47 Å². The summed E-state index contributed by atoms with van der Waals surface area (Å²) in [5.74, 6) is 0. The molecule has 2 aromatic rings. The molecule has 1 fully saturated rings. The monoisotopic (exact) mass is 310 g/mol. The summed E-state index contributed by atoms with van der Waals surface area (Å²) in [6.45, 7) is 4.33. The molecule has 0 spiro atoms. The molecule has 122 valence electrons. The van der Waals surface area contributed by atoms with Crippen LogP contribution in [0.4, 0.5) is 0 Å². The standard InChI is InChI=1S/C21H26O2/c1-21(12-13-21)14-20(23-16-19-10-6-3-7-11-19)17-22-15-18-8-4-2-5-9-18/h2-11,20H,12-17H2,1H3. The molecule has 1 saturated carbocycles. The van der Waals surface area contributed by atoms with Crippen molar-refractivity contribution >= 4 is 0 Å². The summed E-state index contributed by atoms with van der Waals surface area (Å²) >= 11 is 0. The average Bonchev–Trinajstić information content (AvgIpc) is 3.31. The minimum absolute atomic E-state index is 0.173. The first-order chi connectivity index (χ1) is 11.2. The van der Waals surface area contributed by atoms with Crippen LogP contribution in [0.15, 0.2) is 60.7 Å². The minimum atomic E-state index is 0.173. The second-order valence-corrected chi connectivity index (χ2v) is 6.93. The fourth-order valence-electron chi connectivity index (χ4n) is 2.80. The topological polar surface area (TPSA) is 18.5 Å². The summed E-state index contributed by atoms with van der Waals surface area (Å²) in [5, 5.41) is 0. The molecule has 1 aliphatic carbocycles. The molecule has 2 heteroatoms. The molecular formula is C21H26O2. The second-order valence-electron chi connectivity index (χ2n) is 6.93. The molecule has 0 bridgehead atoms. The molecule has 1 unspecified atom stereocenters. The minimum Gasteiger partial charge on any atom is -0.374 e. The van der Waals surface area contributed by atoms with Crippen LogP contribution in [0, 0.1) is 5.41 Å². The van der Waals surface area contributed by atoms with Gasteiger partial charge in [-0.2, -0.15) is 0 Å². The van der Waals surface area contributed by atoms with E-state index < -0.39 is 0 Å². The summed E-state index contributed by atoms with van der Waals surface area (Å²) in [4.78, 5) is 0. The highest BCUT2D eigenvalue weighted by atomic mass is 16.5. The van der Waals surface area contributed by atoms with Gasteiger partial charge in [-0.25, -0.2) is 0 Å². The van der Waals surface area contributed by atoms with E-state index in [1.807, 2.05) is 24.3 Å². The summed E-state index contributed by atoms with van der Waals surface area (Å²) in [5.41, 5.74) is 2.91. The van der Waals surface area contributed by atoms with E-state index in [0.717, 1.165) is 6.42 Å². The first kappa shape index (κ1) is 16.2. The Hall–Kier alpha value is -1.64. The lowest BCUT2D eigenvalue weighted by Gasteiger charge is -2.21. The van der Waals surface area contributed by atoms with Crippen LogP contribution in [-0.2, 0) is 22.7 Å². The lowest BCUT2D eigenvalue weighted by Crippen LogP contribution is -2.23. The molecule has 2 aromatic carbocycles. The number of ether oxygens (including phenoxy) is 2. The van der Waals surface area contributed by atoms with Gasteiger partial charge in [-0.05, 0) is 35.8 Å². The predicted octanol–water partition coefficient (Wildman–Crippen LogP) is 4.98. The quantitative estimate of drug-likeness (QED) is 0.650. The van der Waals surface area contributed by atoms with Gasteiger partial charge in [-0.15, -0.1) is 0 Å². The van der Waals surface area contributed by atoms with E-state index >= 15 is 0 Å². The van der Waals surface area contributed by atoms with Gasteiger partial charge in [0.2, 0.25) is 0 Å². The van der Waals surface area contributed by atoms with Crippen molar-refractivity contribution in [3.05, 3.63) is 71.8 Å². The van der Waals surface area contributed by atoms with Crippen LogP contribution in [0.5, 0.6) is 0 Å². The van der Waals surface area contributed by atoms with E-state index in [1.165, 1.54) is 24.0 Å². The SMILES string of the molecule is CC1(CC(COCc2ccccc2)OCc2ccccc2)CC1. The van der Waals surface area contributed by atoms with Gasteiger partial charge in [-0.3, -0.25) is 0 Å². The van der Waals surface area contributed by atoms with Crippen molar-refractivity contribution in [1.82, 2.24) is 0 Å².